The van der Waals surface area contributed by atoms with E-state index in [1.807, 2.05) is 43.3 Å². The highest BCUT2D eigenvalue weighted by atomic mass is 16.5. The Bertz CT molecular complexity index is 957. The fourth-order valence-electron chi connectivity index (χ4n) is 3.74. The van der Waals surface area contributed by atoms with Gasteiger partial charge in [-0.3, -0.25) is 19.7 Å². The summed E-state index contributed by atoms with van der Waals surface area (Å²) in [4.78, 5) is 36.5. The Morgan fingerprint density at radius 2 is 1.94 bits per heavy atom. The number of nitrogens with one attached hydrogen (secondary N) is 2. The highest BCUT2D eigenvalue weighted by Gasteiger charge is 2.42. The molecule has 3 amide bonds. The van der Waals surface area contributed by atoms with Gasteiger partial charge in [-0.1, -0.05) is 31.2 Å². The molecule has 2 aromatic rings. The SMILES string of the molecule is CCC1(c2ccc(NC(=O)C(C)OCc3cccc(OC)c3)cc2)CCC(=O)NC1=O. The van der Waals surface area contributed by atoms with Gasteiger partial charge in [0, 0.05) is 12.1 Å². The second kappa shape index (κ2) is 9.75. The van der Waals surface area contributed by atoms with Crippen LogP contribution in [0.25, 0.3) is 0 Å². The van der Waals surface area contributed by atoms with Crippen molar-refractivity contribution in [3.05, 3.63) is 59.7 Å². The van der Waals surface area contributed by atoms with Crippen molar-refractivity contribution < 1.29 is 23.9 Å². The number of hydrogen-bond donors (Lipinski definition) is 2. The van der Waals surface area contributed by atoms with Crippen LogP contribution in [0.2, 0.25) is 0 Å². The molecule has 0 saturated carbocycles. The van der Waals surface area contributed by atoms with Crippen LogP contribution in [0.5, 0.6) is 5.75 Å². The van der Waals surface area contributed by atoms with E-state index < -0.39 is 11.5 Å². The van der Waals surface area contributed by atoms with Crippen molar-refractivity contribution in [3.63, 3.8) is 0 Å². The number of benzene rings is 2. The summed E-state index contributed by atoms with van der Waals surface area (Å²) in [7, 11) is 1.60. The van der Waals surface area contributed by atoms with Gasteiger partial charge in [-0.25, -0.2) is 0 Å². The number of piperidine rings is 1. The predicted molar refractivity (Wildman–Crippen MR) is 117 cm³/mol. The first-order chi connectivity index (χ1) is 14.9. The maximum Gasteiger partial charge on any atom is 0.253 e. The van der Waals surface area contributed by atoms with Crippen molar-refractivity contribution in [2.45, 2.75) is 51.2 Å². The Balaban J connectivity index is 1.60. The van der Waals surface area contributed by atoms with E-state index in [0.717, 1.165) is 16.9 Å². The molecule has 31 heavy (non-hydrogen) atoms. The van der Waals surface area contributed by atoms with E-state index in [1.165, 1.54) is 0 Å². The van der Waals surface area contributed by atoms with Crippen molar-refractivity contribution in [1.29, 1.82) is 0 Å². The average Bonchev–Trinajstić information content (AvgIpc) is 2.78. The highest BCUT2D eigenvalue weighted by molar-refractivity contribution is 6.03. The molecule has 1 saturated heterocycles. The van der Waals surface area contributed by atoms with E-state index in [2.05, 4.69) is 10.6 Å². The smallest absolute Gasteiger partial charge is 0.253 e. The Morgan fingerprint density at radius 3 is 2.58 bits per heavy atom. The summed E-state index contributed by atoms with van der Waals surface area (Å²) in [6.07, 6.45) is 0.741. The fourth-order valence-corrected chi connectivity index (χ4v) is 3.74. The molecule has 3 rings (SSSR count). The van der Waals surface area contributed by atoms with Crippen LogP contribution in [0, 0.1) is 0 Å². The third kappa shape index (κ3) is 5.11. The molecule has 2 atom stereocenters. The van der Waals surface area contributed by atoms with Gasteiger partial charge in [0.25, 0.3) is 5.91 Å². The van der Waals surface area contributed by atoms with Gasteiger partial charge in [0.1, 0.15) is 11.9 Å². The van der Waals surface area contributed by atoms with Gasteiger partial charge >= 0.3 is 0 Å². The van der Waals surface area contributed by atoms with Crippen molar-refractivity contribution in [3.8, 4) is 5.75 Å². The van der Waals surface area contributed by atoms with Gasteiger partial charge < -0.3 is 14.8 Å². The Morgan fingerprint density at radius 1 is 1.19 bits per heavy atom. The van der Waals surface area contributed by atoms with Gasteiger partial charge in [-0.05, 0) is 55.2 Å². The van der Waals surface area contributed by atoms with Crippen LogP contribution in [0.15, 0.2) is 48.5 Å². The largest absolute Gasteiger partial charge is 0.497 e. The predicted octanol–water partition coefficient (Wildman–Crippen LogP) is 3.32. The summed E-state index contributed by atoms with van der Waals surface area (Å²) < 4.78 is 10.9. The molecule has 0 radical (unpaired) electrons. The number of anilines is 1. The molecule has 0 aromatic heterocycles. The lowest BCUT2D eigenvalue weighted by Crippen LogP contribution is -2.51. The molecule has 0 spiro atoms. The Labute approximate surface area is 182 Å². The van der Waals surface area contributed by atoms with Crippen LogP contribution in [0.3, 0.4) is 0 Å². The van der Waals surface area contributed by atoms with Crippen LogP contribution < -0.4 is 15.4 Å². The van der Waals surface area contributed by atoms with Crippen molar-refractivity contribution in [2.24, 2.45) is 0 Å². The molecule has 164 valence electrons. The topological polar surface area (TPSA) is 93.7 Å². The number of carbonyl (C=O) groups excluding carboxylic acids is 3. The minimum absolute atomic E-state index is 0.235. The summed E-state index contributed by atoms with van der Waals surface area (Å²) in [6, 6.07) is 14.7. The second-order valence-corrected chi connectivity index (χ2v) is 7.68. The van der Waals surface area contributed by atoms with E-state index >= 15 is 0 Å². The van der Waals surface area contributed by atoms with Gasteiger partial charge in [0.15, 0.2) is 0 Å². The van der Waals surface area contributed by atoms with E-state index in [1.54, 1.807) is 26.2 Å². The van der Waals surface area contributed by atoms with Gasteiger partial charge in [-0.2, -0.15) is 0 Å². The minimum Gasteiger partial charge on any atom is -0.497 e. The zero-order valence-corrected chi connectivity index (χ0v) is 18.1. The number of hydrogen-bond acceptors (Lipinski definition) is 5. The third-order valence-corrected chi connectivity index (χ3v) is 5.78. The zero-order chi connectivity index (χ0) is 22.4. The number of rotatable bonds is 8. The maximum absolute atomic E-state index is 12.5. The van der Waals surface area contributed by atoms with E-state index in [-0.39, 0.29) is 24.3 Å². The summed E-state index contributed by atoms with van der Waals surface area (Å²) >= 11 is 0. The van der Waals surface area contributed by atoms with Crippen molar-refractivity contribution >= 4 is 23.4 Å². The fraction of sp³-hybridized carbons (Fsp3) is 0.375. The first-order valence-electron chi connectivity index (χ1n) is 10.4. The monoisotopic (exact) mass is 424 g/mol. The molecule has 2 unspecified atom stereocenters. The molecule has 2 aromatic carbocycles. The standard InChI is InChI=1S/C24H28N2O5/c1-4-24(13-12-21(27)26-23(24)29)18-8-10-19(11-9-18)25-22(28)16(2)31-15-17-6-5-7-20(14-17)30-3/h5-11,14,16H,4,12-13,15H2,1-3H3,(H,25,28)(H,26,27,29). The first-order valence-corrected chi connectivity index (χ1v) is 10.4. The normalized spacial score (nSPS) is 19.5. The molecule has 0 bridgehead atoms. The molecule has 1 aliphatic heterocycles. The second-order valence-electron chi connectivity index (χ2n) is 7.68. The van der Waals surface area contributed by atoms with Crippen LogP contribution >= 0.6 is 0 Å². The molecule has 7 nitrogen and oxygen atoms in total. The quantitative estimate of drug-likeness (QED) is 0.634. The summed E-state index contributed by atoms with van der Waals surface area (Å²) in [5.41, 5.74) is 1.64. The Kier molecular flexibility index (Phi) is 7.07. The van der Waals surface area contributed by atoms with Crippen LogP contribution in [0.4, 0.5) is 5.69 Å². The highest BCUT2D eigenvalue weighted by Crippen LogP contribution is 2.36. The molecule has 2 N–H and O–H groups in total. The molecule has 1 aliphatic rings. The first kappa shape index (κ1) is 22.5. The number of amides is 3. The number of ether oxygens (including phenoxy) is 2. The third-order valence-electron chi connectivity index (χ3n) is 5.78. The van der Waals surface area contributed by atoms with Crippen LogP contribution in [0.1, 0.15) is 44.2 Å². The number of imide groups is 1. The molecule has 1 heterocycles. The molecular weight excluding hydrogens is 396 g/mol. The van der Waals surface area contributed by atoms with Crippen LogP contribution in [-0.2, 0) is 31.1 Å². The zero-order valence-electron chi connectivity index (χ0n) is 18.1. The van der Waals surface area contributed by atoms with Crippen molar-refractivity contribution in [1.82, 2.24) is 5.32 Å². The van der Waals surface area contributed by atoms with Crippen LogP contribution in [-0.4, -0.2) is 30.9 Å². The lowest BCUT2D eigenvalue weighted by Gasteiger charge is -2.35. The Hall–Kier alpha value is -3.19. The lowest BCUT2D eigenvalue weighted by molar-refractivity contribution is -0.138. The minimum atomic E-state index is -0.719. The average molecular weight is 424 g/mol. The lowest BCUT2D eigenvalue weighted by atomic mass is 9.72. The maximum atomic E-state index is 12.5. The molecular formula is C24H28N2O5. The van der Waals surface area contributed by atoms with E-state index in [0.29, 0.717) is 24.9 Å². The number of methoxy groups -OCH3 is 1. The molecule has 7 heteroatoms. The van der Waals surface area contributed by atoms with E-state index in [9.17, 15) is 14.4 Å². The number of carbonyl (C=O) groups is 3. The molecule has 0 aliphatic carbocycles. The summed E-state index contributed by atoms with van der Waals surface area (Å²) in [5.74, 6) is -0.0236. The summed E-state index contributed by atoms with van der Waals surface area (Å²) in [6.45, 7) is 3.92. The van der Waals surface area contributed by atoms with Gasteiger partial charge in [-0.15, -0.1) is 0 Å². The van der Waals surface area contributed by atoms with Crippen molar-refractivity contribution in [2.75, 3.05) is 12.4 Å². The molecule has 1 fully saturated rings. The van der Waals surface area contributed by atoms with E-state index in [4.69, 9.17) is 9.47 Å². The van der Waals surface area contributed by atoms with Gasteiger partial charge in [0.2, 0.25) is 11.8 Å². The van der Waals surface area contributed by atoms with Gasteiger partial charge in [0.05, 0.1) is 19.1 Å². The summed E-state index contributed by atoms with van der Waals surface area (Å²) in [5, 5.41) is 5.28.